The highest BCUT2D eigenvalue weighted by molar-refractivity contribution is 5.87. The smallest absolute Gasteiger partial charge is 0.0483 e. The number of aryl methyl sites for hydroxylation is 2. The van der Waals surface area contributed by atoms with E-state index < -0.39 is 0 Å². The molecule has 1 aromatic heterocycles. The Labute approximate surface area is 108 Å². The lowest BCUT2D eigenvalue weighted by Gasteiger charge is -2.31. The van der Waals surface area contributed by atoms with E-state index in [1.807, 2.05) is 0 Å². The summed E-state index contributed by atoms with van der Waals surface area (Å²) in [6.07, 6.45) is 2.29. The lowest BCUT2D eigenvalue weighted by molar-refractivity contribution is 0.241. The van der Waals surface area contributed by atoms with Crippen LogP contribution in [0.1, 0.15) is 17.2 Å². The van der Waals surface area contributed by atoms with Crippen molar-refractivity contribution in [3.05, 3.63) is 35.5 Å². The van der Waals surface area contributed by atoms with Gasteiger partial charge in [-0.15, -0.1) is 0 Å². The van der Waals surface area contributed by atoms with Crippen LogP contribution in [0.3, 0.4) is 0 Å². The number of nitrogens with zero attached hydrogens (tertiary/aromatic N) is 2. The van der Waals surface area contributed by atoms with Gasteiger partial charge in [0.15, 0.2) is 0 Å². The van der Waals surface area contributed by atoms with Crippen LogP contribution in [-0.4, -0.2) is 36.1 Å². The van der Waals surface area contributed by atoms with Crippen molar-refractivity contribution in [1.29, 1.82) is 0 Å². The summed E-state index contributed by atoms with van der Waals surface area (Å²) >= 11 is 0. The van der Waals surface area contributed by atoms with Crippen LogP contribution in [0.4, 0.5) is 0 Å². The molecule has 1 aliphatic rings. The molecule has 1 fully saturated rings. The van der Waals surface area contributed by atoms with Crippen molar-refractivity contribution in [3.63, 3.8) is 0 Å². The molecule has 0 spiro atoms. The Hall–Kier alpha value is -1.32. The molecule has 3 heteroatoms. The van der Waals surface area contributed by atoms with Crippen molar-refractivity contribution in [2.75, 3.05) is 26.7 Å². The van der Waals surface area contributed by atoms with E-state index >= 15 is 0 Å². The predicted octanol–water partition coefficient (Wildman–Crippen LogP) is 2.06. The maximum absolute atomic E-state index is 3.64. The van der Waals surface area contributed by atoms with E-state index in [9.17, 15) is 0 Å². The standard InChI is InChI=1S/C15H21N3/c1-11-5-4-6-14-15(11)12(9-18(14)3)13-10-17(2)8-7-16-13/h4-6,9,13,16H,7-8,10H2,1-3H3. The molecule has 0 radical (unpaired) electrons. The Bertz CT molecular complexity index is 570. The molecule has 3 nitrogen and oxygen atoms in total. The first-order valence-electron chi connectivity index (χ1n) is 6.63. The molecule has 1 aromatic carbocycles. The number of rotatable bonds is 1. The van der Waals surface area contributed by atoms with Crippen LogP contribution in [-0.2, 0) is 7.05 Å². The number of nitrogens with one attached hydrogen (secondary N) is 1. The third-order valence-electron chi connectivity index (χ3n) is 4.01. The van der Waals surface area contributed by atoms with Gasteiger partial charge in [-0.2, -0.15) is 0 Å². The summed E-state index contributed by atoms with van der Waals surface area (Å²) in [5, 5.41) is 5.07. The van der Waals surface area contributed by atoms with Crippen LogP contribution in [0.5, 0.6) is 0 Å². The van der Waals surface area contributed by atoms with Crippen LogP contribution in [0.15, 0.2) is 24.4 Å². The zero-order valence-corrected chi connectivity index (χ0v) is 11.4. The maximum atomic E-state index is 3.64. The molecular formula is C15H21N3. The van der Waals surface area contributed by atoms with Gasteiger partial charge in [0, 0.05) is 49.8 Å². The molecule has 0 saturated carbocycles. The number of benzene rings is 1. The number of hydrogen-bond donors (Lipinski definition) is 1. The highest BCUT2D eigenvalue weighted by Crippen LogP contribution is 2.29. The van der Waals surface area contributed by atoms with Crippen LogP contribution in [0.2, 0.25) is 0 Å². The van der Waals surface area contributed by atoms with Crippen molar-refractivity contribution < 1.29 is 0 Å². The van der Waals surface area contributed by atoms with E-state index in [2.05, 4.69) is 60.2 Å². The zero-order chi connectivity index (χ0) is 12.7. The highest BCUT2D eigenvalue weighted by atomic mass is 15.2. The van der Waals surface area contributed by atoms with Gasteiger partial charge in [0.05, 0.1) is 0 Å². The Kier molecular flexibility index (Phi) is 2.88. The molecule has 1 saturated heterocycles. The van der Waals surface area contributed by atoms with E-state index in [1.165, 1.54) is 22.0 Å². The van der Waals surface area contributed by atoms with Gasteiger partial charge in [-0.1, -0.05) is 12.1 Å². The average molecular weight is 243 g/mol. The van der Waals surface area contributed by atoms with Gasteiger partial charge in [-0.3, -0.25) is 0 Å². The summed E-state index contributed by atoms with van der Waals surface area (Å²) in [5.74, 6) is 0. The van der Waals surface area contributed by atoms with Crippen LogP contribution in [0.25, 0.3) is 10.9 Å². The van der Waals surface area contributed by atoms with Crippen LogP contribution >= 0.6 is 0 Å². The second-order valence-electron chi connectivity index (χ2n) is 5.43. The number of aromatic nitrogens is 1. The molecule has 1 unspecified atom stereocenters. The van der Waals surface area contributed by atoms with Gasteiger partial charge < -0.3 is 14.8 Å². The van der Waals surface area contributed by atoms with Gasteiger partial charge in [-0.25, -0.2) is 0 Å². The molecule has 2 heterocycles. The molecule has 1 atom stereocenters. The van der Waals surface area contributed by atoms with Gasteiger partial charge in [-0.05, 0) is 31.2 Å². The Morgan fingerprint density at radius 3 is 2.89 bits per heavy atom. The van der Waals surface area contributed by atoms with Crippen LogP contribution in [0, 0.1) is 6.92 Å². The monoisotopic (exact) mass is 243 g/mol. The maximum Gasteiger partial charge on any atom is 0.0483 e. The number of likely N-dealkylation sites (N-methyl/N-ethyl adjacent to an activating group) is 1. The van der Waals surface area contributed by atoms with Crippen molar-refractivity contribution in [3.8, 4) is 0 Å². The van der Waals surface area contributed by atoms with E-state index in [0.29, 0.717) is 6.04 Å². The second-order valence-corrected chi connectivity index (χ2v) is 5.43. The molecule has 0 bridgehead atoms. The third-order valence-corrected chi connectivity index (χ3v) is 4.01. The summed E-state index contributed by atoms with van der Waals surface area (Å²) in [5.41, 5.74) is 4.15. The number of piperazine rings is 1. The molecule has 2 aromatic rings. The fraction of sp³-hybridized carbons (Fsp3) is 0.467. The Morgan fingerprint density at radius 1 is 1.28 bits per heavy atom. The lowest BCUT2D eigenvalue weighted by atomic mass is 10.0. The van der Waals surface area contributed by atoms with Gasteiger partial charge in [0.1, 0.15) is 0 Å². The van der Waals surface area contributed by atoms with Crippen molar-refractivity contribution in [2.45, 2.75) is 13.0 Å². The lowest BCUT2D eigenvalue weighted by Crippen LogP contribution is -2.43. The first-order chi connectivity index (χ1) is 8.66. The average Bonchev–Trinajstić information content (AvgIpc) is 2.69. The first-order valence-corrected chi connectivity index (χ1v) is 6.63. The van der Waals surface area contributed by atoms with Gasteiger partial charge in [0.2, 0.25) is 0 Å². The highest BCUT2D eigenvalue weighted by Gasteiger charge is 2.22. The van der Waals surface area contributed by atoms with Crippen molar-refractivity contribution in [1.82, 2.24) is 14.8 Å². The zero-order valence-electron chi connectivity index (χ0n) is 11.4. The summed E-state index contributed by atoms with van der Waals surface area (Å²) in [6, 6.07) is 7.01. The van der Waals surface area contributed by atoms with E-state index in [4.69, 9.17) is 0 Å². The Balaban J connectivity index is 2.11. The number of hydrogen-bond acceptors (Lipinski definition) is 2. The van der Waals surface area contributed by atoms with Crippen molar-refractivity contribution >= 4 is 10.9 Å². The minimum absolute atomic E-state index is 0.452. The summed E-state index contributed by atoms with van der Waals surface area (Å²) < 4.78 is 2.24. The number of fused-ring (bicyclic) bond motifs is 1. The molecular weight excluding hydrogens is 222 g/mol. The van der Waals surface area contributed by atoms with E-state index in [1.54, 1.807) is 0 Å². The molecule has 0 amide bonds. The summed E-state index contributed by atoms with van der Waals surface area (Å²) in [4.78, 5) is 2.40. The molecule has 1 N–H and O–H groups in total. The van der Waals surface area contributed by atoms with Crippen molar-refractivity contribution in [2.24, 2.45) is 7.05 Å². The van der Waals surface area contributed by atoms with Gasteiger partial charge in [0.25, 0.3) is 0 Å². The SMILES string of the molecule is Cc1cccc2c1c(C1CN(C)CCN1)cn2C. The summed E-state index contributed by atoms with van der Waals surface area (Å²) in [6.45, 7) is 5.51. The van der Waals surface area contributed by atoms with Crippen LogP contribution < -0.4 is 5.32 Å². The minimum Gasteiger partial charge on any atom is -0.350 e. The third kappa shape index (κ3) is 1.84. The molecule has 0 aliphatic carbocycles. The second kappa shape index (κ2) is 4.41. The minimum atomic E-state index is 0.452. The molecule has 18 heavy (non-hydrogen) atoms. The Morgan fingerprint density at radius 2 is 2.11 bits per heavy atom. The summed E-state index contributed by atoms with van der Waals surface area (Å²) in [7, 11) is 4.34. The van der Waals surface area contributed by atoms with E-state index in [0.717, 1.165) is 19.6 Å². The fourth-order valence-corrected chi connectivity index (χ4v) is 3.03. The largest absolute Gasteiger partial charge is 0.350 e. The predicted molar refractivity (Wildman–Crippen MR) is 75.9 cm³/mol. The van der Waals surface area contributed by atoms with E-state index in [-0.39, 0.29) is 0 Å². The topological polar surface area (TPSA) is 20.2 Å². The molecule has 1 aliphatic heterocycles. The normalized spacial score (nSPS) is 21.6. The molecule has 96 valence electrons. The fourth-order valence-electron chi connectivity index (χ4n) is 3.03. The molecule has 3 rings (SSSR count). The quantitative estimate of drug-likeness (QED) is 0.827. The first kappa shape index (κ1) is 11.8. The van der Waals surface area contributed by atoms with Gasteiger partial charge >= 0.3 is 0 Å².